The van der Waals surface area contributed by atoms with E-state index in [4.69, 9.17) is 9.47 Å². The van der Waals surface area contributed by atoms with E-state index in [1.54, 1.807) is 37.3 Å². The van der Waals surface area contributed by atoms with Crippen LogP contribution in [-0.2, 0) is 20.9 Å². The molecule has 0 aromatic heterocycles. The number of anilines is 1. The summed E-state index contributed by atoms with van der Waals surface area (Å²) in [5.41, 5.74) is 2.29. The first-order valence-corrected chi connectivity index (χ1v) is 10.4. The van der Waals surface area contributed by atoms with Crippen molar-refractivity contribution in [3.63, 3.8) is 0 Å². The molecule has 1 aliphatic rings. The molecule has 0 N–H and O–H groups in total. The minimum Gasteiger partial charge on any atom is -0.489 e. The number of carbonyl (C=O) groups is 2. The van der Waals surface area contributed by atoms with Crippen LogP contribution in [0.5, 0.6) is 5.75 Å². The van der Waals surface area contributed by atoms with Crippen LogP contribution in [0.1, 0.15) is 18.1 Å². The van der Waals surface area contributed by atoms with Crippen molar-refractivity contribution in [1.29, 1.82) is 0 Å². The maximum Gasteiger partial charge on any atom is 0.340 e. The van der Waals surface area contributed by atoms with Gasteiger partial charge in [-0.1, -0.05) is 54.6 Å². The van der Waals surface area contributed by atoms with E-state index in [2.05, 4.69) is 0 Å². The second-order valence-corrected chi connectivity index (χ2v) is 7.45. The maximum atomic E-state index is 14.5. The van der Waals surface area contributed by atoms with Gasteiger partial charge in [-0.25, -0.2) is 9.18 Å². The molecule has 6 heteroatoms. The quantitative estimate of drug-likeness (QED) is 0.384. The molecule has 0 radical (unpaired) electrons. The number of nitrogens with zero attached hydrogens (tertiary/aromatic N) is 1. The lowest BCUT2D eigenvalue weighted by molar-refractivity contribution is -0.136. The number of ether oxygens (including phenoxy) is 2. The molecule has 0 saturated heterocycles. The van der Waals surface area contributed by atoms with E-state index in [0.29, 0.717) is 23.6 Å². The number of methoxy groups -OCH3 is 1. The zero-order valence-corrected chi connectivity index (χ0v) is 18.2. The standard InChI is InChI=1S/C27H22FNO4/c1-18-25(27(31)32-2)22(26(30)29(18)24-14-7-6-13-23(24)28)16-20-11-8-12-21(15-20)33-17-19-9-4-3-5-10-19/h3-16H,17H2,1-2H3. The first kappa shape index (κ1) is 22.0. The molecule has 0 spiro atoms. The van der Waals surface area contributed by atoms with Gasteiger partial charge in [0.15, 0.2) is 0 Å². The number of hydrogen-bond donors (Lipinski definition) is 0. The van der Waals surface area contributed by atoms with Crippen LogP contribution in [0.2, 0.25) is 0 Å². The fraction of sp³-hybridized carbons (Fsp3) is 0.111. The lowest BCUT2D eigenvalue weighted by Gasteiger charge is -2.18. The predicted octanol–water partition coefficient (Wildman–Crippen LogP) is 5.28. The van der Waals surface area contributed by atoms with Crippen LogP contribution in [0.15, 0.2) is 95.7 Å². The van der Waals surface area contributed by atoms with Crippen LogP contribution < -0.4 is 9.64 Å². The third-order valence-corrected chi connectivity index (χ3v) is 5.30. The van der Waals surface area contributed by atoms with Crippen molar-refractivity contribution in [2.24, 2.45) is 0 Å². The highest BCUT2D eigenvalue weighted by molar-refractivity contribution is 6.23. The molecule has 3 aromatic rings. The minimum absolute atomic E-state index is 0.0738. The largest absolute Gasteiger partial charge is 0.489 e. The summed E-state index contributed by atoms with van der Waals surface area (Å²) >= 11 is 0. The van der Waals surface area contributed by atoms with Crippen LogP contribution in [0.25, 0.3) is 6.08 Å². The van der Waals surface area contributed by atoms with Gasteiger partial charge in [0.25, 0.3) is 5.91 Å². The average molecular weight is 443 g/mol. The van der Waals surface area contributed by atoms with E-state index in [9.17, 15) is 14.0 Å². The van der Waals surface area contributed by atoms with Gasteiger partial charge < -0.3 is 9.47 Å². The van der Waals surface area contributed by atoms with Gasteiger partial charge in [-0.2, -0.15) is 0 Å². The molecule has 0 fully saturated rings. The Labute approximate surface area is 191 Å². The van der Waals surface area contributed by atoms with E-state index in [0.717, 1.165) is 5.56 Å². The van der Waals surface area contributed by atoms with Gasteiger partial charge in [0.05, 0.1) is 23.9 Å². The van der Waals surface area contributed by atoms with Crippen LogP contribution in [0.3, 0.4) is 0 Å². The number of hydrogen-bond acceptors (Lipinski definition) is 4. The first-order valence-electron chi connectivity index (χ1n) is 10.4. The van der Waals surface area contributed by atoms with Crippen molar-refractivity contribution < 1.29 is 23.5 Å². The summed E-state index contributed by atoms with van der Waals surface area (Å²) in [5, 5.41) is 0. The number of halogens is 1. The molecule has 4 rings (SSSR count). The SMILES string of the molecule is COC(=O)C1=C(C)N(c2ccccc2F)C(=O)C1=Cc1cccc(OCc2ccccc2)c1. The normalized spacial score (nSPS) is 14.7. The highest BCUT2D eigenvalue weighted by Crippen LogP contribution is 2.36. The predicted molar refractivity (Wildman–Crippen MR) is 124 cm³/mol. The summed E-state index contributed by atoms with van der Waals surface area (Å²) in [4.78, 5) is 27.0. The molecule has 0 bridgehead atoms. The molecule has 0 saturated carbocycles. The molecular formula is C27H22FNO4. The molecule has 1 amide bonds. The Hall–Kier alpha value is -4.19. The summed E-state index contributed by atoms with van der Waals surface area (Å²) in [6, 6.07) is 22.9. The Morgan fingerprint density at radius 3 is 2.45 bits per heavy atom. The summed E-state index contributed by atoms with van der Waals surface area (Å²) in [6.07, 6.45) is 1.59. The summed E-state index contributed by atoms with van der Waals surface area (Å²) in [6.45, 7) is 1.99. The molecule has 5 nitrogen and oxygen atoms in total. The van der Waals surface area contributed by atoms with E-state index in [-0.39, 0.29) is 16.8 Å². The van der Waals surface area contributed by atoms with Gasteiger partial charge in [0.1, 0.15) is 18.2 Å². The molecule has 1 heterocycles. The second-order valence-electron chi connectivity index (χ2n) is 7.45. The monoisotopic (exact) mass is 443 g/mol. The highest BCUT2D eigenvalue weighted by atomic mass is 19.1. The van der Waals surface area contributed by atoms with E-state index in [1.165, 1.54) is 30.2 Å². The first-order chi connectivity index (χ1) is 16.0. The van der Waals surface area contributed by atoms with Crippen molar-refractivity contribution in [3.8, 4) is 5.75 Å². The topological polar surface area (TPSA) is 55.8 Å². The van der Waals surface area contributed by atoms with Crippen LogP contribution in [-0.4, -0.2) is 19.0 Å². The lowest BCUT2D eigenvalue weighted by Crippen LogP contribution is -2.25. The number of carbonyl (C=O) groups excluding carboxylic acids is 2. The average Bonchev–Trinajstić information content (AvgIpc) is 3.07. The lowest BCUT2D eigenvalue weighted by atomic mass is 10.0. The fourth-order valence-electron chi connectivity index (χ4n) is 3.70. The molecule has 0 aliphatic carbocycles. The molecule has 0 atom stereocenters. The maximum absolute atomic E-state index is 14.5. The number of amides is 1. The third-order valence-electron chi connectivity index (χ3n) is 5.30. The molecule has 3 aromatic carbocycles. The smallest absolute Gasteiger partial charge is 0.340 e. The fourth-order valence-corrected chi connectivity index (χ4v) is 3.70. The van der Waals surface area contributed by atoms with Gasteiger partial charge >= 0.3 is 5.97 Å². The van der Waals surface area contributed by atoms with Gasteiger partial charge in [-0.05, 0) is 48.4 Å². The highest BCUT2D eigenvalue weighted by Gasteiger charge is 2.38. The van der Waals surface area contributed by atoms with E-state index in [1.807, 2.05) is 36.4 Å². The van der Waals surface area contributed by atoms with Gasteiger partial charge in [0.2, 0.25) is 0 Å². The number of esters is 1. The zero-order valence-electron chi connectivity index (χ0n) is 18.2. The molecule has 0 unspecified atom stereocenters. The molecule has 33 heavy (non-hydrogen) atoms. The van der Waals surface area contributed by atoms with E-state index >= 15 is 0 Å². The summed E-state index contributed by atoms with van der Waals surface area (Å²) in [5.74, 6) is -1.12. The second kappa shape index (κ2) is 9.53. The Morgan fingerprint density at radius 1 is 1.00 bits per heavy atom. The van der Waals surface area contributed by atoms with Crippen molar-refractivity contribution >= 4 is 23.6 Å². The van der Waals surface area contributed by atoms with Gasteiger partial charge in [0, 0.05) is 5.70 Å². The Balaban J connectivity index is 1.68. The molecular weight excluding hydrogens is 421 g/mol. The van der Waals surface area contributed by atoms with Crippen molar-refractivity contribution in [2.75, 3.05) is 12.0 Å². The molecule has 166 valence electrons. The van der Waals surface area contributed by atoms with Crippen LogP contribution in [0.4, 0.5) is 10.1 Å². The van der Waals surface area contributed by atoms with Crippen LogP contribution >= 0.6 is 0 Å². The molecule has 1 aliphatic heterocycles. The number of rotatable bonds is 6. The Kier molecular flexibility index (Phi) is 6.36. The van der Waals surface area contributed by atoms with Crippen molar-refractivity contribution in [2.45, 2.75) is 13.5 Å². The number of para-hydroxylation sites is 1. The van der Waals surface area contributed by atoms with E-state index < -0.39 is 17.7 Å². The third kappa shape index (κ3) is 4.55. The van der Waals surface area contributed by atoms with Crippen molar-refractivity contribution in [1.82, 2.24) is 0 Å². The number of allylic oxidation sites excluding steroid dienone is 1. The summed E-state index contributed by atoms with van der Waals surface area (Å²) < 4.78 is 25.2. The Bertz CT molecular complexity index is 1260. The Morgan fingerprint density at radius 2 is 1.73 bits per heavy atom. The minimum atomic E-state index is -0.664. The van der Waals surface area contributed by atoms with Crippen LogP contribution in [0, 0.1) is 5.82 Å². The number of benzene rings is 3. The van der Waals surface area contributed by atoms with Gasteiger partial charge in [-0.3, -0.25) is 9.69 Å². The van der Waals surface area contributed by atoms with Crippen molar-refractivity contribution in [3.05, 3.63) is 113 Å². The zero-order chi connectivity index (χ0) is 23.4. The summed E-state index contributed by atoms with van der Waals surface area (Å²) in [7, 11) is 1.24. The van der Waals surface area contributed by atoms with Gasteiger partial charge in [-0.15, -0.1) is 0 Å².